The number of aromatic nitrogens is 1. The van der Waals surface area contributed by atoms with Crippen LogP contribution in [0, 0.1) is 0 Å². The molecule has 1 atom stereocenters. The lowest BCUT2D eigenvalue weighted by molar-refractivity contribution is -0.122. The second kappa shape index (κ2) is 6.33. The number of hydrogen-bond donors (Lipinski definition) is 3. The number of amides is 2. The molecule has 1 aromatic heterocycles. The molecule has 4 N–H and O–H groups in total. The molecule has 1 unspecified atom stereocenters. The maximum Gasteiger partial charge on any atom is 0.267 e. The number of carbonyl (C=O) groups is 2. The molecule has 108 valence electrons. The Balaban J connectivity index is 2.25. The maximum atomic E-state index is 12.1. The number of piperazine rings is 1. The molecule has 1 saturated heterocycles. The van der Waals surface area contributed by atoms with E-state index in [9.17, 15) is 9.59 Å². The minimum absolute atomic E-state index is 0.0500. The van der Waals surface area contributed by atoms with Crippen LogP contribution in [0.15, 0.2) is 18.2 Å². The van der Waals surface area contributed by atoms with Crippen LogP contribution in [0.4, 0.5) is 5.82 Å². The molecule has 2 rings (SSSR count). The van der Waals surface area contributed by atoms with Gasteiger partial charge in [0.2, 0.25) is 5.91 Å². The summed E-state index contributed by atoms with van der Waals surface area (Å²) in [7, 11) is 0. The van der Waals surface area contributed by atoms with E-state index in [2.05, 4.69) is 15.6 Å². The Hall–Kier alpha value is -2.15. The molecule has 0 aliphatic carbocycles. The third-order valence-corrected chi connectivity index (χ3v) is 3.18. The van der Waals surface area contributed by atoms with E-state index in [0.29, 0.717) is 25.5 Å². The first kappa shape index (κ1) is 14.3. The van der Waals surface area contributed by atoms with Crippen molar-refractivity contribution in [2.45, 2.75) is 13.0 Å². The first-order chi connectivity index (χ1) is 9.63. The minimum Gasteiger partial charge on any atom is -0.364 e. The molecule has 0 aromatic carbocycles. The molecule has 7 nitrogen and oxygen atoms in total. The highest BCUT2D eigenvalue weighted by molar-refractivity contribution is 5.91. The fourth-order valence-electron chi connectivity index (χ4n) is 2.23. The van der Waals surface area contributed by atoms with Gasteiger partial charge in [-0.3, -0.25) is 9.59 Å². The summed E-state index contributed by atoms with van der Waals surface area (Å²) < 4.78 is 0. The fraction of sp³-hybridized carbons (Fsp3) is 0.462. The molecular formula is C13H19N5O2. The Bertz CT molecular complexity index is 505. The lowest BCUT2D eigenvalue weighted by Gasteiger charge is -2.36. The summed E-state index contributed by atoms with van der Waals surface area (Å²) in [6, 6.07) is 4.73. The van der Waals surface area contributed by atoms with Crippen LogP contribution in [0.3, 0.4) is 0 Å². The third-order valence-electron chi connectivity index (χ3n) is 3.18. The van der Waals surface area contributed by atoms with Gasteiger partial charge in [0, 0.05) is 26.2 Å². The summed E-state index contributed by atoms with van der Waals surface area (Å²) in [4.78, 5) is 29.4. The van der Waals surface area contributed by atoms with Gasteiger partial charge in [0.1, 0.15) is 17.6 Å². The number of rotatable bonds is 4. The topological polar surface area (TPSA) is 100 Å². The molecule has 2 amide bonds. The highest BCUT2D eigenvalue weighted by Crippen LogP contribution is 2.16. The quantitative estimate of drug-likeness (QED) is 0.662. The number of nitrogens with two attached hydrogens (primary N) is 1. The van der Waals surface area contributed by atoms with E-state index in [0.717, 1.165) is 6.54 Å². The van der Waals surface area contributed by atoms with E-state index in [4.69, 9.17) is 5.73 Å². The van der Waals surface area contributed by atoms with E-state index in [1.165, 1.54) is 0 Å². The van der Waals surface area contributed by atoms with Crippen molar-refractivity contribution in [1.29, 1.82) is 0 Å². The number of nitrogens with one attached hydrogen (secondary N) is 2. The molecule has 20 heavy (non-hydrogen) atoms. The molecule has 2 heterocycles. The number of pyridine rings is 1. The van der Waals surface area contributed by atoms with Crippen molar-refractivity contribution in [3.05, 3.63) is 23.9 Å². The smallest absolute Gasteiger partial charge is 0.267 e. The Morgan fingerprint density at radius 3 is 3.05 bits per heavy atom. The van der Waals surface area contributed by atoms with E-state index < -0.39 is 5.91 Å². The number of primary amides is 1. The number of anilines is 1. The first-order valence-electron chi connectivity index (χ1n) is 6.65. The molecule has 0 saturated carbocycles. The van der Waals surface area contributed by atoms with Gasteiger partial charge in [0.05, 0.1) is 0 Å². The zero-order valence-corrected chi connectivity index (χ0v) is 11.4. The maximum absolute atomic E-state index is 12.1. The summed E-state index contributed by atoms with van der Waals surface area (Å²) in [5.74, 6) is -0.0263. The standard InChI is InChI=1S/C13H19N5O2/c1-2-16-13(20)10-8-15-6-7-18(10)11-5-3-4-9(17-11)12(14)19/h3-5,10,15H,2,6-8H2,1H3,(H2,14,19)(H,16,20). The van der Waals surface area contributed by atoms with Crippen LogP contribution in [0.5, 0.6) is 0 Å². The number of carbonyl (C=O) groups excluding carboxylic acids is 2. The average molecular weight is 277 g/mol. The van der Waals surface area contributed by atoms with E-state index in [1.54, 1.807) is 18.2 Å². The SMILES string of the molecule is CCNC(=O)C1CNCCN1c1cccc(C(N)=O)n1. The van der Waals surface area contributed by atoms with E-state index in [1.807, 2.05) is 11.8 Å². The second-order valence-electron chi connectivity index (χ2n) is 4.55. The molecule has 0 bridgehead atoms. The third kappa shape index (κ3) is 3.05. The van der Waals surface area contributed by atoms with Crippen molar-refractivity contribution in [3.63, 3.8) is 0 Å². The first-order valence-corrected chi connectivity index (χ1v) is 6.65. The molecule has 0 spiro atoms. The zero-order chi connectivity index (χ0) is 14.5. The van der Waals surface area contributed by atoms with Gasteiger partial charge in [0.15, 0.2) is 0 Å². The van der Waals surface area contributed by atoms with Crippen molar-refractivity contribution in [1.82, 2.24) is 15.6 Å². The van der Waals surface area contributed by atoms with E-state index in [-0.39, 0.29) is 17.6 Å². The van der Waals surface area contributed by atoms with Gasteiger partial charge in [-0.05, 0) is 19.1 Å². The largest absolute Gasteiger partial charge is 0.364 e. The fourth-order valence-corrected chi connectivity index (χ4v) is 2.23. The normalized spacial score (nSPS) is 18.6. The lowest BCUT2D eigenvalue weighted by Crippen LogP contribution is -2.58. The highest BCUT2D eigenvalue weighted by Gasteiger charge is 2.29. The van der Waals surface area contributed by atoms with Crippen molar-refractivity contribution < 1.29 is 9.59 Å². The average Bonchev–Trinajstić information content (AvgIpc) is 2.47. The van der Waals surface area contributed by atoms with Crippen LogP contribution in [0.25, 0.3) is 0 Å². The number of likely N-dealkylation sites (N-methyl/N-ethyl adjacent to an activating group) is 1. The van der Waals surface area contributed by atoms with E-state index >= 15 is 0 Å². The summed E-state index contributed by atoms with van der Waals surface area (Å²) in [5, 5.41) is 6.00. The van der Waals surface area contributed by atoms with Crippen LogP contribution in [-0.2, 0) is 4.79 Å². The Kier molecular flexibility index (Phi) is 4.52. The molecule has 1 aliphatic heterocycles. The predicted molar refractivity (Wildman–Crippen MR) is 75.4 cm³/mol. The van der Waals surface area contributed by atoms with Gasteiger partial charge in [-0.25, -0.2) is 4.98 Å². The van der Waals surface area contributed by atoms with Gasteiger partial charge in [-0.15, -0.1) is 0 Å². The Labute approximate surface area is 117 Å². The van der Waals surface area contributed by atoms with Gasteiger partial charge < -0.3 is 21.3 Å². The van der Waals surface area contributed by atoms with Crippen LogP contribution in [0.2, 0.25) is 0 Å². The molecular weight excluding hydrogens is 258 g/mol. The Morgan fingerprint density at radius 1 is 1.55 bits per heavy atom. The second-order valence-corrected chi connectivity index (χ2v) is 4.55. The van der Waals surface area contributed by atoms with Gasteiger partial charge in [-0.1, -0.05) is 6.07 Å². The Morgan fingerprint density at radius 2 is 2.35 bits per heavy atom. The van der Waals surface area contributed by atoms with Gasteiger partial charge in [-0.2, -0.15) is 0 Å². The summed E-state index contributed by atoms with van der Waals surface area (Å²) in [6.45, 7) is 4.42. The number of nitrogens with zero attached hydrogens (tertiary/aromatic N) is 2. The van der Waals surface area contributed by atoms with Crippen LogP contribution in [0.1, 0.15) is 17.4 Å². The van der Waals surface area contributed by atoms with Crippen LogP contribution in [-0.4, -0.2) is 49.0 Å². The van der Waals surface area contributed by atoms with Crippen molar-refractivity contribution >= 4 is 17.6 Å². The zero-order valence-electron chi connectivity index (χ0n) is 11.4. The molecule has 1 fully saturated rings. The summed E-state index contributed by atoms with van der Waals surface area (Å²) in [6.07, 6.45) is 0. The molecule has 7 heteroatoms. The van der Waals surface area contributed by atoms with Crippen molar-refractivity contribution in [2.75, 3.05) is 31.1 Å². The predicted octanol–water partition coefficient (Wildman–Crippen LogP) is -0.905. The lowest BCUT2D eigenvalue weighted by atomic mass is 10.1. The molecule has 1 aromatic rings. The van der Waals surface area contributed by atoms with Gasteiger partial charge in [0.25, 0.3) is 5.91 Å². The summed E-state index contributed by atoms with van der Waals surface area (Å²) in [5.41, 5.74) is 5.45. The van der Waals surface area contributed by atoms with Crippen molar-refractivity contribution in [3.8, 4) is 0 Å². The highest BCUT2D eigenvalue weighted by atomic mass is 16.2. The van der Waals surface area contributed by atoms with Crippen LogP contribution >= 0.6 is 0 Å². The van der Waals surface area contributed by atoms with Crippen molar-refractivity contribution in [2.24, 2.45) is 5.73 Å². The van der Waals surface area contributed by atoms with Gasteiger partial charge >= 0.3 is 0 Å². The molecule has 0 radical (unpaired) electrons. The van der Waals surface area contributed by atoms with Crippen LogP contribution < -0.4 is 21.3 Å². The monoisotopic (exact) mass is 277 g/mol. The summed E-state index contributed by atoms with van der Waals surface area (Å²) >= 11 is 0. The molecule has 1 aliphatic rings. The number of hydrogen-bond acceptors (Lipinski definition) is 5. The minimum atomic E-state index is -0.573.